The molecule has 0 amide bonds. The summed E-state index contributed by atoms with van der Waals surface area (Å²) in [5, 5.41) is 0.831. The van der Waals surface area contributed by atoms with Crippen LogP contribution in [0.25, 0.3) is 0 Å². The van der Waals surface area contributed by atoms with Gasteiger partial charge < -0.3 is 10.6 Å². The van der Waals surface area contributed by atoms with E-state index in [2.05, 4.69) is 44.7 Å². The monoisotopic (exact) mass is 389 g/mol. The quantitative estimate of drug-likeness (QED) is 0.842. The van der Waals surface area contributed by atoms with Gasteiger partial charge in [0.1, 0.15) is 0 Å². The van der Waals surface area contributed by atoms with Gasteiger partial charge >= 0.3 is 0 Å². The largest absolute Gasteiger partial charge is 0.368 e. The zero-order chi connectivity index (χ0) is 19.6. The molecular formula is C19H28ClN7. The van der Waals surface area contributed by atoms with Crippen LogP contribution in [-0.2, 0) is 0 Å². The van der Waals surface area contributed by atoms with Crippen molar-refractivity contribution >= 4 is 23.5 Å². The lowest BCUT2D eigenvalue weighted by Crippen LogP contribution is -2.48. The molecule has 27 heavy (non-hydrogen) atoms. The zero-order valence-electron chi connectivity index (χ0n) is 16.4. The van der Waals surface area contributed by atoms with Crippen LogP contribution >= 0.6 is 11.6 Å². The van der Waals surface area contributed by atoms with Gasteiger partial charge in [0.25, 0.3) is 0 Å². The van der Waals surface area contributed by atoms with Gasteiger partial charge in [0.05, 0.1) is 6.04 Å². The van der Waals surface area contributed by atoms with E-state index in [1.807, 2.05) is 37.2 Å². The lowest BCUT2D eigenvalue weighted by Gasteiger charge is -2.40. The third kappa shape index (κ3) is 4.48. The molecule has 1 aliphatic rings. The predicted octanol–water partition coefficient (Wildman–Crippen LogP) is 2.61. The number of nitrogens with two attached hydrogens (primary N) is 1. The molecule has 3 rings (SSSR count). The van der Waals surface area contributed by atoms with Crippen LogP contribution in [0.4, 0.5) is 11.9 Å². The van der Waals surface area contributed by atoms with E-state index in [9.17, 15) is 0 Å². The van der Waals surface area contributed by atoms with Crippen LogP contribution in [0.2, 0.25) is 5.02 Å². The van der Waals surface area contributed by atoms with Crippen LogP contribution in [0.3, 0.4) is 0 Å². The molecule has 1 fully saturated rings. The molecule has 1 saturated heterocycles. The third-order valence-corrected chi connectivity index (χ3v) is 5.58. The van der Waals surface area contributed by atoms with Gasteiger partial charge in [-0.1, -0.05) is 29.8 Å². The van der Waals surface area contributed by atoms with Crippen LogP contribution in [0.5, 0.6) is 0 Å². The topological polar surface area (TPSA) is 74.4 Å². The summed E-state index contributed by atoms with van der Waals surface area (Å²) < 4.78 is 0. The number of rotatable bonds is 5. The Hall–Kier alpha value is -1.96. The minimum absolute atomic E-state index is 0.0896. The highest BCUT2D eigenvalue weighted by atomic mass is 35.5. The number of benzene rings is 1. The molecule has 0 aliphatic carbocycles. The fourth-order valence-electron chi connectivity index (χ4n) is 3.47. The SMILES string of the molecule is C[C@H](c1nc(N)nc(N(C)C)n1)N1CCN([C@@H](C)c2ccccc2Cl)CC1. The Balaban J connectivity index is 1.66. The summed E-state index contributed by atoms with van der Waals surface area (Å²) in [7, 11) is 3.80. The van der Waals surface area contributed by atoms with Crippen molar-refractivity contribution in [3.8, 4) is 0 Å². The van der Waals surface area contributed by atoms with Crippen molar-refractivity contribution in [2.45, 2.75) is 25.9 Å². The van der Waals surface area contributed by atoms with Crippen molar-refractivity contribution < 1.29 is 0 Å². The maximum Gasteiger partial charge on any atom is 0.229 e. The first-order valence-electron chi connectivity index (χ1n) is 9.28. The van der Waals surface area contributed by atoms with E-state index in [0.717, 1.165) is 37.0 Å². The molecule has 7 nitrogen and oxygen atoms in total. The smallest absolute Gasteiger partial charge is 0.229 e. The molecule has 0 spiro atoms. The number of hydrogen-bond donors (Lipinski definition) is 1. The number of nitrogens with zero attached hydrogens (tertiary/aromatic N) is 6. The minimum Gasteiger partial charge on any atom is -0.368 e. The maximum atomic E-state index is 6.38. The van der Waals surface area contributed by atoms with Gasteiger partial charge in [0.15, 0.2) is 5.82 Å². The first-order chi connectivity index (χ1) is 12.9. The van der Waals surface area contributed by atoms with Crippen LogP contribution in [0.1, 0.15) is 37.3 Å². The number of anilines is 2. The summed E-state index contributed by atoms with van der Waals surface area (Å²) in [6.07, 6.45) is 0. The van der Waals surface area contributed by atoms with Gasteiger partial charge in [-0.15, -0.1) is 0 Å². The molecule has 1 aromatic carbocycles. The summed E-state index contributed by atoms with van der Waals surface area (Å²) in [5.41, 5.74) is 7.06. The summed E-state index contributed by atoms with van der Waals surface area (Å²) in [5.74, 6) is 1.58. The average Bonchev–Trinajstić information content (AvgIpc) is 2.67. The molecule has 0 radical (unpaired) electrons. The number of nitrogen functional groups attached to an aromatic ring is 1. The Kier molecular flexibility index (Phi) is 6.14. The highest BCUT2D eigenvalue weighted by molar-refractivity contribution is 6.31. The van der Waals surface area contributed by atoms with E-state index in [1.165, 1.54) is 5.56 Å². The molecule has 2 aromatic rings. The molecule has 2 atom stereocenters. The van der Waals surface area contributed by atoms with Crippen molar-refractivity contribution in [2.75, 3.05) is 50.9 Å². The van der Waals surface area contributed by atoms with E-state index < -0.39 is 0 Å². The predicted molar refractivity (Wildman–Crippen MR) is 110 cm³/mol. The van der Waals surface area contributed by atoms with Crippen LogP contribution in [0, 0.1) is 0 Å². The van der Waals surface area contributed by atoms with E-state index in [0.29, 0.717) is 12.0 Å². The zero-order valence-corrected chi connectivity index (χ0v) is 17.2. The van der Waals surface area contributed by atoms with Crippen molar-refractivity contribution in [1.82, 2.24) is 24.8 Å². The number of aromatic nitrogens is 3. The fraction of sp³-hybridized carbons (Fsp3) is 0.526. The first kappa shape index (κ1) is 19.8. The van der Waals surface area contributed by atoms with Crippen LogP contribution < -0.4 is 10.6 Å². The lowest BCUT2D eigenvalue weighted by molar-refractivity contribution is 0.0758. The standard InChI is InChI=1S/C19H28ClN7/c1-13(15-7-5-6-8-16(15)20)26-9-11-27(12-10-26)14(2)17-22-18(21)24-19(23-17)25(3)4/h5-8,13-14H,9-12H2,1-4H3,(H2,21,22,23,24)/t13-,14+/m0/s1. The summed E-state index contributed by atoms with van der Waals surface area (Å²) in [6, 6.07) is 8.47. The molecule has 8 heteroatoms. The van der Waals surface area contributed by atoms with Gasteiger partial charge in [0.2, 0.25) is 11.9 Å². The second kappa shape index (κ2) is 8.37. The molecule has 2 N–H and O–H groups in total. The van der Waals surface area contributed by atoms with Gasteiger partial charge in [0, 0.05) is 51.3 Å². The highest BCUT2D eigenvalue weighted by Gasteiger charge is 2.27. The number of halogens is 1. The Bertz CT molecular complexity index is 774. The Morgan fingerprint density at radius 2 is 1.56 bits per heavy atom. The average molecular weight is 390 g/mol. The van der Waals surface area contributed by atoms with Crippen molar-refractivity contribution in [1.29, 1.82) is 0 Å². The molecular weight excluding hydrogens is 362 g/mol. The molecule has 0 unspecified atom stereocenters. The van der Waals surface area contributed by atoms with Gasteiger partial charge in [-0.3, -0.25) is 9.80 Å². The highest BCUT2D eigenvalue weighted by Crippen LogP contribution is 2.29. The molecule has 2 heterocycles. The molecule has 0 saturated carbocycles. The van der Waals surface area contributed by atoms with Crippen molar-refractivity contribution in [3.05, 3.63) is 40.7 Å². The summed E-state index contributed by atoms with van der Waals surface area (Å²) >= 11 is 6.38. The Labute approximate surface area is 166 Å². The van der Waals surface area contributed by atoms with Crippen molar-refractivity contribution in [3.63, 3.8) is 0 Å². The van der Waals surface area contributed by atoms with E-state index in [1.54, 1.807) is 0 Å². The van der Waals surface area contributed by atoms with E-state index >= 15 is 0 Å². The summed E-state index contributed by atoms with van der Waals surface area (Å²) in [4.78, 5) is 19.8. The third-order valence-electron chi connectivity index (χ3n) is 5.23. The van der Waals surface area contributed by atoms with Gasteiger partial charge in [-0.2, -0.15) is 15.0 Å². The van der Waals surface area contributed by atoms with Crippen LogP contribution in [-0.4, -0.2) is 65.0 Å². The molecule has 146 valence electrons. The van der Waals surface area contributed by atoms with Gasteiger partial charge in [-0.25, -0.2) is 0 Å². The fourth-order valence-corrected chi connectivity index (χ4v) is 3.76. The molecule has 1 aromatic heterocycles. The van der Waals surface area contributed by atoms with Crippen molar-refractivity contribution in [2.24, 2.45) is 0 Å². The van der Waals surface area contributed by atoms with E-state index in [-0.39, 0.29) is 12.0 Å². The van der Waals surface area contributed by atoms with Crippen LogP contribution in [0.15, 0.2) is 24.3 Å². The normalized spacial score (nSPS) is 18.3. The molecule has 0 bridgehead atoms. The summed E-state index contributed by atoms with van der Waals surface area (Å²) in [6.45, 7) is 8.17. The Morgan fingerprint density at radius 3 is 2.15 bits per heavy atom. The second-order valence-corrected chi connectivity index (χ2v) is 7.60. The van der Waals surface area contributed by atoms with Gasteiger partial charge in [-0.05, 0) is 25.5 Å². The second-order valence-electron chi connectivity index (χ2n) is 7.19. The number of piperazine rings is 1. The molecule has 1 aliphatic heterocycles. The van der Waals surface area contributed by atoms with E-state index in [4.69, 9.17) is 17.3 Å². The Morgan fingerprint density at radius 1 is 0.963 bits per heavy atom. The maximum absolute atomic E-state index is 6.38. The lowest BCUT2D eigenvalue weighted by atomic mass is 10.1. The minimum atomic E-state index is 0.0896. The number of hydrogen-bond acceptors (Lipinski definition) is 7. The first-order valence-corrected chi connectivity index (χ1v) is 9.66.